The van der Waals surface area contributed by atoms with Crippen molar-refractivity contribution in [3.8, 4) is 0 Å². The molecule has 2 amide bonds. The zero-order valence-corrected chi connectivity index (χ0v) is 12.9. The lowest BCUT2D eigenvalue weighted by Gasteiger charge is -2.36. The predicted molar refractivity (Wildman–Crippen MR) is 79.4 cm³/mol. The summed E-state index contributed by atoms with van der Waals surface area (Å²) >= 11 is 0. The number of piperidine rings is 1. The highest BCUT2D eigenvalue weighted by atomic mass is 16.3. The van der Waals surface area contributed by atoms with E-state index < -0.39 is 0 Å². The van der Waals surface area contributed by atoms with Gasteiger partial charge in [-0.15, -0.1) is 0 Å². The second-order valence-electron chi connectivity index (χ2n) is 5.60. The largest absolute Gasteiger partial charge is 0.467 e. The van der Waals surface area contributed by atoms with Crippen molar-refractivity contribution in [1.29, 1.82) is 0 Å². The van der Waals surface area contributed by atoms with E-state index in [0.29, 0.717) is 18.3 Å². The zero-order valence-electron chi connectivity index (χ0n) is 12.9. The summed E-state index contributed by atoms with van der Waals surface area (Å²) in [4.78, 5) is 27.8. The molecular weight excluding hydrogens is 268 g/mol. The van der Waals surface area contributed by atoms with E-state index in [0.717, 1.165) is 25.8 Å². The van der Waals surface area contributed by atoms with Crippen LogP contribution in [0.2, 0.25) is 0 Å². The van der Waals surface area contributed by atoms with Gasteiger partial charge in [-0.25, -0.2) is 0 Å². The third kappa shape index (κ3) is 4.09. The third-order valence-corrected chi connectivity index (χ3v) is 4.12. The Morgan fingerprint density at radius 2 is 2.24 bits per heavy atom. The average Bonchev–Trinajstić information content (AvgIpc) is 2.99. The Labute approximate surface area is 125 Å². The van der Waals surface area contributed by atoms with Gasteiger partial charge in [0.25, 0.3) is 0 Å². The second-order valence-corrected chi connectivity index (χ2v) is 5.60. The number of carbonyl (C=O) groups is 2. The molecule has 0 radical (unpaired) electrons. The number of furan rings is 1. The summed E-state index contributed by atoms with van der Waals surface area (Å²) in [7, 11) is 0. The summed E-state index contributed by atoms with van der Waals surface area (Å²) in [5.41, 5.74) is 0. The fraction of sp³-hybridized carbons (Fsp3) is 0.625. The number of hydrogen-bond donors (Lipinski definition) is 0. The lowest BCUT2D eigenvalue weighted by atomic mass is 10.00. The van der Waals surface area contributed by atoms with Gasteiger partial charge in [-0.2, -0.15) is 0 Å². The molecule has 0 aliphatic carbocycles. The van der Waals surface area contributed by atoms with Gasteiger partial charge in [-0.1, -0.05) is 6.92 Å². The number of amides is 2. The molecule has 1 aliphatic rings. The molecule has 2 heterocycles. The summed E-state index contributed by atoms with van der Waals surface area (Å²) in [5.74, 6) is 0.636. The normalized spacial score (nSPS) is 18.6. The van der Waals surface area contributed by atoms with Gasteiger partial charge in [0.15, 0.2) is 0 Å². The number of likely N-dealkylation sites (tertiary alicyclic amines) is 1. The maximum atomic E-state index is 12.5. The lowest BCUT2D eigenvalue weighted by molar-refractivity contribution is -0.142. The van der Waals surface area contributed by atoms with Crippen LogP contribution in [0.5, 0.6) is 0 Å². The molecular formula is C16H24N2O3. The molecule has 116 valence electrons. The first-order chi connectivity index (χ1) is 10.1. The number of nitrogens with zero attached hydrogens (tertiary/aromatic N) is 2. The Morgan fingerprint density at radius 1 is 1.43 bits per heavy atom. The monoisotopic (exact) mass is 292 g/mol. The van der Waals surface area contributed by atoms with Crippen LogP contribution < -0.4 is 0 Å². The van der Waals surface area contributed by atoms with E-state index in [1.165, 1.54) is 13.3 Å². The highest BCUT2D eigenvalue weighted by Crippen LogP contribution is 2.20. The van der Waals surface area contributed by atoms with E-state index in [4.69, 9.17) is 4.42 Å². The Morgan fingerprint density at radius 3 is 2.86 bits per heavy atom. The van der Waals surface area contributed by atoms with Crippen LogP contribution in [-0.4, -0.2) is 40.7 Å². The Bertz CT molecular complexity index is 470. The van der Waals surface area contributed by atoms with Gasteiger partial charge in [0.1, 0.15) is 12.3 Å². The van der Waals surface area contributed by atoms with Crippen LogP contribution in [-0.2, 0) is 16.1 Å². The number of hydrogen-bond acceptors (Lipinski definition) is 3. The van der Waals surface area contributed by atoms with Gasteiger partial charge in [0.2, 0.25) is 11.8 Å². The Kier molecular flexibility index (Phi) is 5.42. The molecule has 2 rings (SSSR count). The fourth-order valence-corrected chi connectivity index (χ4v) is 2.88. The molecule has 1 aromatic heterocycles. The van der Waals surface area contributed by atoms with Gasteiger partial charge in [-0.3, -0.25) is 9.59 Å². The van der Waals surface area contributed by atoms with Gasteiger partial charge in [-0.05, 0) is 37.8 Å². The van der Waals surface area contributed by atoms with Crippen LogP contribution in [0.25, 0.3) is 0 Å². The molecule has 0 aromatic carbocycles. The second kappa shape index (κ2) is 7.29. The molecule has 21 heavy (non-hydrogen) atoms. The molecule has 0 spiro atoms. The van der Waals surface area contributed by atoms with Crippen molar-refractivity contribution in [1.82, 2.24) is 9.80 Å². The number of carbonyl (C=O) groups excluding carboxylic acids is 2. The van der Waals surface area contributed by atoms with Crippen molar-refractivity contribution >= 4 is 11.8 Å². The molecule has 1 atom stereocenters. The average molecular weight is 292 g/mol. The van der Waals surface area contributed by atoms with Crippen LogP contribution in [0.4, 0.5) is 0 Å². The summed E-state index contributed by atoms with van der Waals surface area (Å²) in [6, 6.07) is 3.92. The van der Waals surface area contributed by atoms with Crippen LogP contribution in [0.1, 0.15) is 45.3 Å². The summed E-state index contributed by atoms with van der Waals surface area (Å²) < 4.78 is 5.26. The van der Waals surface area contributed by atoms with Crippen molar-refractivity contribution in [2.45, 2.75) is 52.1 Å². The van der Waals surface area contributed by atoms with Crippen molar-refractivity contribution in [2.24, 2.45) is 0 Å². The topological polar surface area (TPSA) is 53.8 Å². The van der Waals surface area contributed by atoms with Gasteiger partial charge < -0.3 is 14.2 Å². The molecule has 5 nitrogen and oxygen atoms in total. The minimum absolute atomic E-state index is 0.0447. The van der Waals surface area contributed by atoms with Crippen molar-refractivity contribution < 1.29 is 14.0 Å². The van der Waals surface area contributed by atoms with E-state index in [1.807, 2.05) is 11.0 Å². The van der Waals surface area contributed by atoms with E-state index in [9.17, 15) is 9.59 Å². The maximum absolute atomic E-state index is 12.5. The Hall–Kier alpha value is -1.78. The summed E-state index contributed by atoms with van der Waals surface area (Å²) in [5, 5.41) is 0. The smallest absolute Gasteiger partial charge is 0.242 e. The molecule has 0 saturated carbocycles. The van der Waals surface area contributed by atoms with Gasteiger partial charge in [0, 0.05) is 19.5 Å². The first-order valence-corrected chi connectivity index (χ1v) is 7.69. The zero-order chi connectivity index (χ0) is 15.2. The molecule has 5 heteroatoms. The van der Waals surface area contributed by atoms with Crippen LogP contribution in [0, 0.1) is 0 Å². The fourth-order valence-electron chi connectivity index (χ4n) is 2.88. The van der Waals surface area contributed by atoms with E-state index in [2.05, 4.69) is 6.92 Å². The molecule has 0 N–H and O–H groups in total. The molecule has 1 saturated heterocycles. The Balaban J connectivity index is 1.98. The molecule has 0 bridgehead atoms. The van der Waals surface area contributed by atoms with Crippen molar-refractivity contribution in [3.63, 3.8) is 0 Å². The van der Waals surface area contributed by atoms with E-state index >= 15 is 0 Å². The van der Waals surface area contributed by atoms with E-state index in [-0.39, 0.29) is 18.4 Å². The number of rotatable bonds is 5. The predicted octanol–water partition coefficient (Wildman–Crippen LogP) is 2.42. The van der Waals surface area contributed by atoms with E-state index in [1.54, 1.807) is 17.2 Å². The maximum Gasteiger partial charge on any atom is 0.242 e. The van der Waals surface area contributed by atoms with Crippen molar-refractivity contribution in [2.75, 3.05) is 13.1 Å². The first-order valence-electron chi connectivity index (χ1n) is 7.69. The highest BCUT2D eigenvalue weighted by Gasteiger charge is 2.27. The first kappa shape index (κ1) is 15.6. The van der Waals surface area contributed by atoms with Crippen LogP contribution in [0.15, 0.2) is 22.8 Å². The molecule has 1 aromatic rings. The van der Waals surface area contributed by atoms with Crippen molar-refractivity contribution in [3.05, 3.63) is 24.2 Å². The molecule has 1 unspecified atom stereocenters. The SMILES string of the molecule is CCC1CCCCN1C(=O)CN(Cc1ccco1)C(C)=O. The molecule has 1 fully saturated rings. The summed E-state index contributed by atoms with van der Waals surface area (Å²) in [6.45, 7) is 4.89. The third-order valence-electron chi connectivity index (χ3n) is 4.12. The van der Waals surface area contributed by atoms with Crippen LogP contribution >= 0.6 is 0 Å². The van der Waals surface area contributed by atoms with Gasteiger partial charge in [0.05, 0.1) is 12.8 Å². The van der Waals surface area contributed by atoms with Gasteiger partial charge >= 0.3 is 0 Å². The standard InChI is InChI=1S/C16H24N2O3/c1-3-14-7-4-5-9-18(14)16(20)12-17(13(2)19)11-15-8-6-10-21-15/h6,8,10,14H,3-5,7,9,11-12H2,1-2H3. The lowest BCUT2D eigenvalue weighted by Crippen LogP contribution is -2.48. The highest BCUT2D eigenvalue weighted by molar-refractivity contribution is 5.84. The quantitative estimate of drug-likeness (QED) is 0.837. The minimum atomic E-state index is -0.107. The van der Waals surface area contributed by atoms with Crippen LogP contribution in [0.3, 0.4) is 0 Å². The summed E-state index contributed by atoms with van der Waals surface area (Å²) in [6.07, 6.45) is 5.86. The molecule has 1 aliphatic heterocycles. The minimum Gasteiger partial charge on any atom is -0.467 e.